The molecule has 0 atom stereocenters. The van der Waals surface area contributed by atoms with Gasteiger partial charge in [0, 0.05) is 12.1 Å². The van der Waals surface area contributed by atoms with Gasteiger partial charge in [-0.05, 0) is 49.2 Å². The molecule has 1 heterocycles. The first-order valence-corrected chi connectivity index (χ1v) is 9.86. The Kier molecular flexibility index (Phi) is 5.70. The minimum atomic E-state index is -0.373. The summed E-state index contributed by atoms with van der Waals surface area (Å²) in [5.41, 5.74) is 4.15. The highest BCUT2D eigenvalue weighted by molar-refractivity contribution is 5.94. The van der Waals surface area contributed by atoms with E-state index in [4.69, 9.17) is 0 Å². The van der Waals surface area contributed by atoms with E-state index in [1.165, 1.54) is 6.07 Å². The first-order valence-electron chi connectivity index (χ1n) is 9.86. The maximum atomic E-state index is 14.3. The van der Waals surface area contributed by atoms with Gasteiger partial charge in [-0.1, -0.05) is 60.2 Å². The molecule has 1 amide bonds. The third-order valence-corrected chi connectivity index (χ3v) is 4.91. The summed E-state index contributed by atoms with van der Waals surface area (Å²) in [4.78, 5) is 13.0. The van der Waals surface area contributed by atoms with Gasteiger partial charge in [0.05, 0.1) is 11.4 Å². The van der Waals surface area contributed by atoms with E-state index in [-0.39, 0.29) is 11.7 Å². The number of amides is 1. The number of nitrogens with zero attached hydrogens (tertiary/aromatic N) is 2. The van der Waals surface area contributed by atoms with E-state index < -0.39 is 0 Å². The molecule has 150 valence electrons. The van der Waals surface area contributed by atoms with Crippen LogP contribution in [0.1, 0.15) is 21.6 Å². The van der Waals surface area contributed by atoms with Crippen molar-refractivity contribution in [1.29, 1.82) is 0 Å². The molecule has 5 heteroatoms. The van der Waals surface area contributed by atoms with Crippen molar-refractivity contribution in [1.82, 2.24) is 15.1 Å². The van der Waals surface area contributed by atoms with Gasteiger partial charge < -0.3 is 5.32 Å². The van der Waals surface area contributed by atoms with Gasteiger partial charge in [0.25, 0.3) is 5.91 Å². The normalized spacial score (nSPS) is 10.7. The van der Waals surface area contributed by atoms with Crippen molar-refractivity contribution in [3.63, 3.8) is 0 Å². The number of aromatic nitrogens is 2. The van der Waals surface area contributed by atoms with Crippen molar-refractivity contribution >= 4 is 5.91 Å². The lowest BCUT2D eigenvalue weighted by atomic mass is 10.1. The van der Waals surface area contributed by atoms with E-state index in [9.17, 15) is 9.18 Å². The molecule has 0 bridgehead atoms. The molecule has 30 heavy (non-hydrogen) atoms. The molecule has 4 nitrogen and oxygen atoms in total. The Morgan fingerprint density at radius 3 is 2.40 bits per heavy atom. The average Bonchev–Trinajstić information content (AvgIpc) is 3.20. The fraction of sp³-hybridized carbons (Fsp3) is 0.120. The zero-order valence-electron chi connectivity index (χ0n) is 16.7. The summed E-state index contributed by atoms with van der Waals surface area (Å²) in [5.74, 6) is -0.622. The lowest BCUT2D eigenvalue weighted by Crippen LogP contribution is -2.27. The first kappa shape index (κ1) is 19.6. The van der Waals surface area contributed by atoms with Crippen molar-refractivity contribution in [2.24, 2.45) is 0 Å². The van der Waals surface area contributed by atoms with Gasteiger partial charge in [-0.25, -0.2) is 9.07 Å². The maximum absolute atomic E-state index is 14.3. The molecule has 0 aliphatic rings. The van der Waals surface area contributed by atoms with Gasteiger partial charge in [0.2, 0.25) is 0 Å². The first-order chi connectivity index (χ1) is 14.6. The standard InChI is InChI=1S/C25H22FN3O/c1-18-11-13-20(14-12-18)29-24(17-23(28-29)21-9-5-6-10-22(21)26)25(30)27-16-15-19-7-3-2-4-8-19/h2-14,17H,15-16H2,1H3,(H,27,30). The number of hydrogen-bond donors (Lipinski definition) is 1. The molecule has 0 saturated carbocycles. The zero-order valence-corrected chi connectivity index (χ0v) is 16.7. The number of nitrogens with one attached hydrogen (secondary N) is 1. The highest BCUT2D eigenvalue weighted by Gasteiger charge is 2.19. The van der Waals surface area contributed by atoms with Crippen molar-refractivity contribution < 1.29 is 9.18 Å². The second-order valence-electron chi connectivity index (χ2n) is 7.13. The van der Waals surface area contributed by atoms with Crippen LogP contribution in [-0.2, 0) is 6.42 Å². The summed E-state index contributed by atoms with van der Waals surface area (Å²) in [5, 5.41) is 7.50. The van der Waals surface area contributed by atoms with E-state index >= 15 is 0 Å². The summed E-state index contributed by atoms with van der Waals surface area (Å²) in [7, 11) is 0. The van der Waals surface area contributed by atoms with Crippen LogP contribution in [-0.4, -0.2) is 22.2 Å². The lowest BCUT2D eigenvalue weighted by molar-refractivity contribution is 0.0946. The molecule has 0 saturated heterocycles. The van der Waals surface area contributed by atoms with E-state index in [0.29, 0.717) is 23.5 Å². The van der Waals surface area contributed by atoms with Crippen LogP contribution in [0.25, 0.3) is 16.9 Å². The fourth-order valence-electron chi connectivity index (χ4n) is 3.28. The van der Waals surface area contributed by atoms with E-state index in [1.54, 1.807) is 28.9 Å². The molecule has 1 aromatic heterocycles. The summed E-state index contributed by atoms with van der Waals surface area (Å²) < 4.78 is 15.9. The molecule has 4 rings (SSSR count). The maximum Gasteiger partial charge on any atom is 0.270 e. The lowest BCUT2D eigenvalue weighted by Gasteiger charge is -2.09. The van der Waals surface area contributed by atoms with Crippen LogP contribution >= 0.6 is 0 Å². The molecule has 0 unspecified atom stereocenters. The smallest absolute Gasteiger partial charge is 0.270 e. The van der Waals surface area contributed by atoms with Crippen LogP contribution in [0.4, 0.5) is 4.39 Å². The minimum absolute atomic E-state index is 0.249. The Balaban J connectivity index is 1.63. The number of carbonyl (C=O) groups excluding carboxylic acids is 1. The quantitative estimate of drug-likeness (QED) is 0.498. The van der Waals surface area contributed by atoms with Crippen LogP contribution in [0.15, 0.2) is 84.9 Å². The minimum Gasteiger partial charge on any atom is -0.350 e. The number of hydrogen-bond acceptors (Lipinski definition) is 2. The molecule has 3 aromatic carbocycles. The Hall–Kier alpha value is -3.73. The predicted molar refractivity (Wildman–Crippen MR) is 116 cm³/mol. The van der Waals surface area contributed by atoms with Crippen molar-refractivity contribution in [2.75, 3.05) is 6.54 Å². The van der Waals surface area contributed by atoms with Gasteiger partial charge in [0.15, 0.2) is 0 Å². The monoisotopic (exact) mass is 399 g/mol. The molecule has 0 fully saturated rings. The van der Waals surface area contributed by atoms with Gasteiger partial charge in [0.1, 0.15) is 11.5 Å². The number of benzene rings is 3. The zero-order chi connectivity index (χ0) is 20.9. The second-order valence-corrected chi connectivity index (χ2v) is 7.13. The Morgan fingerprint density at radius 1 is 0.967 bits per heavy atom. The molecule has 1 N–H and O–H groups in total. The van der Waals surface area contributed by atoms with E-state index in [1.807, 2.05) is 61.5 Å². The third kappa shape index (κ3) is 4.30. The molecular formula is C25H22FN3O. The SMILES string of the molecule is Cc1ccc(-n2nc(-c3ccccc3F)cc2C(=O)NCCc2ccccc2)cc1. The fourth-order valence-corrected chi connectivity index (χ4v) is 3.28. The third-order valence-electron chi connectivity index (χ3n) is 4.91. The highest BCUT2D eigenvalue weighted by atomic mass is 19.1. The number of halogens is 1. The molecule has 4 aromatic rings. The largest absolute Gasteiger partial charge is 0.350 e. The highest BCUT2D eigenvalue weighted by Crippen LogP contribution is 2.24. The van der Waals surface area contributed by atoms with Crippen LogP contribution in [0.3, 0.4) is 0 Å². The number of carbonyl (C=O) groups is 1. The number of aryl methyl sites for hydroxylation is 1. The topological polar surface area (TPSA) is 46.9 Å². The predicted octanol–water partition coefficient (Wildman–Crippen LogP) is 4.96. The Morgan fingerprint density at radius 2 is 1.67 bits per heavy atom. The summed E-state index contributed by atoms with van der Waals surface area (Å²) in [6, 6.07) is 25.7. The Bertz CT molecular complexity index is 1150. The van der Waals surface area contributed by atoms with Crippen LogP contribution < -0.4 is 5.32 Å². The van der Waals surface area contributed by atoms with Crippen molar-refractivity contribution in [3.05, 3.63) is 108 Å². The van der Waals surface area contributed by atoms with Crippen LogP contribution in [0, 0.1) is 12.7 Å². The van der Waals surface area contributed by atoms with Gasteiger partial charge in [-0.3, -0.25) is 4.79 Å². The van der Waals surface area contributed by atoms with Crippen molar-refractivity contribution in [2.45, 2.75) is 13.3 Å². The molecule has 0 aliphatic carbocycles. The van der Waals surface area contributed by atoms with Gasteiger partial charge >= 0.3 is 0 Å². The average molecular weight is 399 g/mol. The van der Waals surface area contributed by atoms with Crippen molar-refractivity contribution in [3.8, 4) is 16.9 Å². The van der Waals surface area contributed by atoms with Crippen LogP contribution in [0.2, 0.25) is 0 Å². The molecular weight excluding hydrogens is 377 g/mol. The van der Waals surface area contributed by atoms with Gasteiger partial charge in [-0.15, -0.1) is 0 Å². The van der Waals surface area contributed by atoms with E-state index in [2.05, 4.69) is 10.4 Å². The van der Waals surface area contributed by atoms with Gasteiger partial charge in [-0.2, -0.15) is 5.10 Å². The molecule has 0 spiro atoms. The van der Waals surface area contributed by atoms with E-state index in [0.717, 1.165) is 23.2 Å². The Labute approximate surface area is 175 Å². The van der Waals surface area contributed by atoms with Crippen LogP contribution in [0.5, 0.6) is 0 Å². The summed E-state index contributed by atoms with van der Waals surface area (Å²) >= 11 is 0. The number of rotatable bonds is 6. The molecule has 0 radical (unpaired) electrons. The second kappa shape index (κ2) is 8.74. The molecule has 0 aliphatic heterocycles. The summed E-state index contributed by atoms with van der Waals surface area (Å²) in [6.07, 6.45) is 0.728. The summed E-state index contributed by atoms with van der Waals surface area (Å²) in [6.45, 7) is 2.49.